The van der Waals surface area contributed by atoms with Crippen LogP contribution in [-0.4, -0.2) is 22.4 Å². The third-order valence-corrected chi connectivity index (χ3v) is 2.25. The van der Waals surface area contributed by atoms with Gasteiger partial charge in [-0.3, -0.25) is 0 Å². The van der Waals surface area contributed by atoms with Gasteiger partial charge in [-0.2, -0.15) is 0 Å². The van der Waals surface area contributed by atoms with Crippen LogP contribution in [0.3, 0.4) is 0 Å². The highest BCUT2D eigenvalue weighted by atomic mass is 16.3. The number of rotatable bonds is 0. The fourth-order valence-corrected chi connectivity index (χ4v) is 1.55. The molecule has 0 aromatic heterocycles. The largest absolute Gasteiger partial charge is 0.389 e. The van der Waals surface area contributed by atoms with Crippen molar-refractivity contribution >= 4 is 0 Å². The Bertz CT molecular complexity index is 161. The molecule has 3 aliphatic carbocycles. The molecule has 0 saturated heterocycles. The second-order valence-electron chi connectivity index (χ2n) is 2.91. The van der Waals surface area contributed by atoms with Gasteiger partial charge in [-0.05, 0) is 0 Å². The van der Waals surface area contributed by atoms with E-state index in [-0.39, 0.29) is 11.8 Å². The first-order valence-electron chi connectivity index (χ1n) is 3.52. The molecule has 0 unspecified atom stereocenters. The maximum absolute atomic E-state index is 9.32. The average molecular weight is 138 g/mol. The smallest absolute Gasteiger partial charge is 0.0904 e. The summed E-state index contributed by atoms with van der Waals surface area (Å²) in [5, 5.41) is 18.6. The van der Waals surface area contributed by atoms with Gasteiger partial charge in [0.25, 0.3) is 0 Å². The zero-order valence-electron chi connectivity index (χ0n) is 5.51. The maximum Gasteiger partial charge on any atom is 0.0904 e. The van der Waals surface area contributed by atoms with E-state index in [4.69, 9.17) is 0 Å². The van der Waals surface area contributed by atoms with Crippen LogP contribution in [0.25, 0.3) is 0 Å². The van der Waals surface area contributed by atoms with Gasteiger partial charge >= 0.3 is 0 Å². The highest BCUT2D eigenvalue weighted by molar-refractivity contribution is 5.23. The first-order valence-corrected chi connectivity index (χ1v) is 3.52. The average Bonchev–Trinajstić information content (AvgIpc) is 2.00. The van der Waals surface area contributed by atoms with Crippen molar-refractivity contribution in [1.82, 2.24) is 0 Å². The lowest BCUT2D eigenvalue weighted by molar-refractivity contribution is -0.0217. The van der Waals surface area contributed by atoms with E-state index >= 15 is 0 Å². The van der Waals surface area contributed by atoms with Crippen molar-refractivity contribution in [3.05, 3.63) is 24.3 Å². The van der Waals surface area contributed by atoms with Crippen molar-refractivity contribution in [1.29, 1.82) is 0 Å². The second kappa shape index (κ2) is 1.94. The summed E-state index contributed by atoms with van der Waals surface area (Å²) in [7, 11) is 0. The van der Waals surface area contributed by atoms with Crippen molar-refractivity contribution in [2.24, 2.45) is 11.8 Å². The van der Waals surface area contributed by atoms with E-state index in [2.05, 4.69) is 0 Å². The Balaban J connectivity index is 2.33. The zero-order valence-corrected chi connectivity index (χ0v) is 5.51. The van der Waals surface area contributed by atoms with Crippen molar-refractivity contribution in [3.8, 4) is 0 Å². The molecule has 3 aliphatic rings. The number of aliphatic hydroxyl groups is 2. The van der Waals surface area contributed by atoms with Crippen LogP contribution in [0.4, 0.5) is 0 Å². The Hall–Kier alpha value is -0.600. The number of hydrogen-bond acceptors (Lipinski definition) is 2. The third kappa shape index (κ3) is 0.662. The Labute approximate surface area is 59.5 Å². The summed E-state index contributed by atoms with van der Waals surface area (Å²) in [5.41, 5.74) is 0. The van der Waals surface area contributed by atoms with Gasteiger partial charge in [-0.15, -0.1) is 0 Å². The molecule has 2 N–H and O–H groups in total. The van der Waals surface area contributed by atoms with Gasteiger partial charge < -0.3 is 10.2 Å². The summed E-state index contributed by atoms with van der Waals surface area (Å²) in [6.45, 7) is 0. The van der Waals surface area contributed by atoms with E-state index in [1.165, 1.54) is 0 Å². The quantitative estimate of drug-likeness (QED) is 0.465. The molecular formula is C8H10O2. The first-order chi connectivity index (χ1) is 4.79. The number of fused-ring (bicyclic) bond motifs is 1. The molecule has 0 fully saturated rings. The molecule has 0 radical (unpaired) electrons. The lowest BCUT2D eigenvalue weighted by Gasteiger charge is -2.34. The highest BCUT2D eigenvalue weighted by Crippen LogP contribution is 2.30. The lowest BCUT2D eigenvalue weighted by Crippen LogP contribution is -2.42. The van der Waals surface area contributed by atoms with Crippen LogP contribution in [0, 0.1) is 11.8 Å². The van der Waals surface area contributed by atoms with E-state index in [0.29, 0.717) is 0 Å². The van der Waals surface area contributed by atoms with Gasteiger partial charge in [-0.1, -0.05) is 24.3 Å². The van der Waals surface area contributed by atoms with Gasteiger partial charge in [0.15, 0.2) is 0 Å². The number of aliphatic hydroxyl groups excluding tert-OH is 2. The highest BCUT2D eigenvalue weighted by Gasteiger charge is 2.34. The molecule has 0 aliphatic heterocycles. The van der Waals surface area contributed by atoms with Crippen LogP contribution in [-0.2, 0) is 0 Å². The minimum Gasteiger partial charge on any atom is -0.389 e. The SMILES string of the molecule is O[C@@H]1C2C=CC(C=C2)[C@@H]1O. The molecule has 2 heteroatoms. The molecule has 0 amide bonds. The van der Waals surface area contributed by atoms with Crippen LogP contribution in [0.1, 0.15) is 0 Å². The Morgan fingerprint density at radius 3 is 1.20 bits per heavy atom. The maximum atomic E-state index is 9.32. The van der Waals surface area contributed by atoms with E-state index < -0.39 is 12.2 Å². The summed E-state index contributed by atoms with van der Waals surface area (Å²) in [6.07, 6.45) is 6.62. The minimum absolute atomic E-state index is 0.0417. The van der Waals surface area contributed by atoms with E-state index in [1.807, 2.05) is 24.3 Å². The van der Waals surface area contributed by atoms with Crippen LogP contribution in [0.5, 0.6) is 0 Å². The molecule has 0 aromatic rings. The predicted octanol–water partition coefficient (Wildman–Crippen LogP) is 0.0802. The Kier molecular flexibility index (Phi) is 1.19. The Morgan fingerprint density at radius 2 is 1.00 bits per heavy atom. The van der Waals surface area contributed by atoms with E-state index in [1.54, 1.807) is 0 Å². The predicted molar refractivity (Wildman–Crippen MR) is 37.3 cm³/mol. The monoisotopic (exact) mass is 138 g/mol. The summed E-state index contributed by atoms with van der Waals surface area (Å²) in [5.74, 6) is 0.0833. The van der Waals surface area contributed by atoms with E-state index in [9.17, 15) is 10.2 Å². The van der Waals surface area contributed by atoms with Gasteiger partial charge in [0.05, 0.1) is 12.2 Å². The van der Waals surface area contributed by atoms with Crippen LogP contribution in [0.2, 0.25) is 0 Å². The normalized spacial score (nSPS) is 50.2. The molecule has 0 heterocycles. The molecule has 54 valence electrons. The topological polar surface area (TPSA) is 40.5 Å². The summed E-state index contributed by atoms with van der Waals surface area (Å²) in [4.78, 5) is 0. The van der Waals surface area contributed by atoms with Crippen molar-refractivity contribution in [2.75, 3.05) is 0 Å². The standard InChI is InChI=1S/C8H10O2/c9-7-5-1-2-6(4-3-5)8(7)10/h1-10H/t5?,6?,7-,8+. The van der Waals surface area contributed by atoms with Gasteiger partial charge in [0.2, 0.25) is 0 Å². The number of hydrogen-bond donors (Lipinski definition) is 2. The summed E-state index contributed by atoms with van der Waals surface area (Å²) in [6, 6.07) is 0. The second-order valence-corrected chi connectivity index (χ2v) is 2.91. The Morgan fingerprint density at radius 1 is 0.700 bits per heavy atom. The van der Waals surface area contributed by atoms with E-state index in [0.717, 1.165) is 0 Å². The first kappa shape index (κ1) is 6.13. The lowest BCUT2D eigenvalue weighted by atomic mass is 9.78. The summed E-state index contributed by atoms with van der Waals surface area (Å²) < 4.78 is 0. The van der Waals surface area contributed by atoms with Crippen LogP contribution < -0.4 is 0 Å². The molecule has 2 atom stereocenters. The fourth-order valence-electron chi connectivity index (χ4n) is 1.55. The molecule has 10 heavy (non-hydrogen) atoms. The van der Waals surface area contributed by atoms with Crippen LogP contribution >= 0.6 is 0 Å². The molecule has 0 spiro atoms. The van der Waals surface area contributed by atoms with Gasteiger partial charge in [0.1, 0.15) is 0 Å². The molecular weight excluding hydrogens is 128 g/mol. The molecule has 0 aromatic carbocycles. The molecule has 0 saturated carbocycles. The van der Waals surface area contributed by atoms with Crippen molar-refractivity contribution < 1.29 is 10.2 Å². The van der Waals surface area contributed by atoms with Crippen molar-refractivity contribution in [3.63, 3.8) is 0 Å². The van der Waals surface area contributed by atoms with Gasteiger partial charge in [-0.25, -0.2) is 0 Å². The fraction of sp³-hybridized carbons (Fsp3) is 0.500. The molecule has 2 bridgehead atoms. The third-order valence-electron chi connectivity index (χ3n) is 2.25. The van der Waals surface area contributed by atoms with Crippen molar-refractivity contribution in [2.45, 2.75) is 12.2 Å². The minimum atomic E-state index is -0.583. The molecule has 2 nitrogen and oxygen atoms in total. The van der Waals surface area contributed by atoms with Crippen LogP contribution in [0.15, 0.2) is 24.3 Å². The molecule has 3 rings (SSSR count). The van der Waals surface area contributed by atoms with Gasteiger partial charge in [0, 0.05) is 11.8 Å². The summed E-state index contributed by atoms with van der Waals surface area (Å²) >= 11 is 0. The zero-order chi connectivity index (χ0) is 7.14.